The smallest absolute Gasteiger partial charge is 0.335 e. The fraction of sp³-hybridized carbons (Fsp3) is 0.167. The van der Waals surface area contributed by atoms with Crippen LogP contribution in [0, 0.1) is 6.92 Å². The second kappa shape index (κ2) is 3.81. The highest BCUT2D eigenvalue weighted by Gasteiger charge is 2.09. The predicted molar refractivity (Wildman–Crippen MR) is 60.3 cm³/mol. The number of carboxylic acids is 1. The molecule has 2 rings (SSSR count). The molecule has 1 heterocycles. The average Bonchev–Trinajstić information content (AvgIpc) is 2.64. The van der Waals surface area contributed by atoms with Gasteiger partial charge in [0.05, 0.1) is 5.56 Å². The average molecular weight is 216 g/mol. The molecule has 0 unspecified atom stereocenters. The van der Waals surface area contributed by atoms with Crippen molar-refractivity contribution in [2.45, 2.75) is 6.92 Å². The Hall–Kier alpha value is -2.10. The predicted octanol–water partition coefficient (Wildman–Crippen LogP) is 2.09. The van der Waals surface area contributed by atoms with E-state index in [1.165, 1.54) is 0 Å². The fourth-order valence-corrected chi connectivity index (χ4v) is 1.67. The summed E-state index contributed by atoms with van der Waals surface area (Å²) in [5.74, 6) is -0.0658. The van der Waals surface area contributed by atoms with Crippen LogP contribution in [-0.4, -0.2) is 20.6 Å². The van der Waals surface area contributed by atoms with Crippen molar-refractivity contribution < 1.29 is 9.90 Å². The van der Waals surface area contributed by atoms with Crippen LogP contribution in [0.3, 0.4) is 0 Å². The highest BCUT2D eigenvalue weighted by molar-refractivity contribution is 5.88. The molecule has 0 radical (unpaired) electrons. The van der Waals surface area contributed by atoms with E-state index in [1.807, 2.05) is 24.7 Å². The standard InChI is InChI=1S/C12H12N2O2/c1-8-7-9(12(15)16)3-4-10(8)11-13-5-6-14(11)2/h3-7H,1-2H3,(H,15,16). The molecule has 0 saturated heterocycles. The van der Waals surface area contributed by atoms with E-state index in [0.29, 0.717) is 5.56 Å². The highest BCUT2D eigenvalue weighted by Crippen LogP contribution is 2.22. The molecule has 0 fully saturated rings. The summed E-state index contributed by atoms with van der Waals surface area (Å²) in [6, 6.07) is 5.05. The minimum atomic E-state index is -0.908. The van der Waals surface area contributed by atoms with Crippen LogP contribution < -0.4 is 0 Å². The molecule has 1 aromatic heterocycles. The Bertz CT molecular complexity index is 544. The molecular weight excluding hydrogens is 204 g/mol. The van der Waals surface area contributed by atoms with Crippen LogP contribution in [0.15, 0.2) is 30.6 Å². The second-order valence-electron chi connectivity index (χ2n) is 3.70. The number of rotatable bonds is 2. The quantitative estimate of drug-likeness (QED) is 0.836. The van der Waals surface area contributed by atoms with Crippen molar-refractivity contribution in [2.24, 2.45) is 7.05 Å². The zero-order chi connectivity index (χ0) is 11.7. The summed E-state index contributed by atoms with van der Waals surface area (Å²) in [6.07, 6.45) is 3.58. The molecular formula is C12H12N2O2. The Morgan fingerprint density at radius 1 is 1.44 bits per heavy atom. The molecule has 4 heteroatoms. The van der Waals surface area contributed by atoms with Crippen LogP contribution in [-0.2, 0) is 7.05 Å². The number of hydrogen-bond acceptors (Lipinski definition) is 2. The molecule has 0 aliphatic heterocycles. The van der Waals surface area contributed by atoms with E-state index in [0.717, 1.165) is 17.0 Å². The number of carboxylic acid groups (broad SMARTS) is 1. The first-order chi connectivity index (χ1) is 7.59. The van der Waals surface area contributed by atoms with Gasteiger partial charge >= 0.3 is 5.97 Å². The maximum Gasteiger partial charge on any atom is 0.335 e. The van der Waals surface area contributed by atoms with Gasteiger partial charge < -0.3 is 9.67 Å². The van der Waals surface area contributed by atoms with Gasteiger partial charge in [-0.1, -0.05) is 6.07 Å². The van der Waals surface area contributed by atoms with Gasteiger partial charge in [0.15, 0.2) is 0 Å². The van der Waals surface area contributed by atoms with Crippen molar-refractivity contribution >= 4 is 5.97 Å². The topological polar surface area (TPSA) is 55.1 Å². The number of carbonyl (C=O) groups is 1. The van der Waals surface area contributed by atoms with Crippen LogP contribution >= 0.6 is 0 Å². The number of nitrogens with zero attached hydrogens (tertiary/aromatic N) is 2. The van der Waals surface area contributed by atoms with Crippen LogP contribution in [0.5, 0.6) is 0 Å². The Kier molecular flexibility index (Phi) is 2.48. The maximum absolute atomic E-state index is 10.8. The van der Waals surface area contributed by atoms with Crippen molar-refractivity contribution in [1.82, 2.24) is 9.55 Å². The summed E-state index contributed by atoms with van der Waals surface area (Å²) < 4.78 is 1.91. The van der Waals surface area contributed by atoms with Gasteiger partial charge in [-0.15, -0.1) is 0 Å². The Morgan fingerprint density at radius 3 is 2.69 bits per heavy atom. The summed E-state index contributed by atoms with van der Waals surface area (Å²) in [7, 11) is 1.91. The van der Waals surface area contributed by atoms with Crippen molar-refractivity contribution in [1.29, 1.82) is 0 Å². The van der Waals surface area contributed by atoms with E-state index in [-0.39, 0.29) is 0 Å². The van der Waals surface area contributed by atoms with E-state index >= 15 is 0 Å². The number of imidazole rings is 1. The highest BCUT2D eigenvalue weighted by atomic mass is 16.4. The second-order valence-corrected chi connectivity index (χ2v) is 3.70. The molecule has 2 aromatic rings. The van der Waals surface area contributed by atoms with Gasteiger partial charge in [-0.05, 0) is 24.6 Å². The number of aromatic carboxylic acids is 1. The van der Waals surface area contributed by atoms with Gasteiger partial charge in [-0.2, -0.15) is 0 Å². The van der Waals surface area contributed by atoms with Crippen molar-refractivity contribution in [3.63, 3.8) is 0 Å². The number of aromatic nitrogens is 2. The minimum Gasteiger partial charge on any atom is -0.478 e. The Morgan fingerprint density at radius 2 is 2.19 bits per heavy atom. The van der Waals surface area contributed by atoms with E-state index in [4.69, 9.17) is 5.11 Å². The third-order valence-electron chi connectivity index (χ3n) is 2.54. The van der Waals surface area contributed by atoms with E-state index in [1.54, 1.807) is 24.4 Å². The lowest BCUT2D eigenvalue weighted by atomic mass is 10.0. The zero-order valence-electron chi connectivity index (χ0n) is 9.14. The van der Waals surface area contributed by atoms with Gasteiger partial charge in [-0.25, -0.2) is 9.78 Å². The number of benzene rings is 1. The van der Waals surface area contributed by atoms with Crippen LogP contribution in [0.25, 0.3) is 11.4 Å². The number of aryl methyl sites for hydroxylation is 2. The molecule has 16 heavy (non-hydrogen) atoms. The third kappa shape index (κ3) is 1.69. The monoisotopic (exact) mass is 216 g/mol. The zero-order valence-corrected chi connectivity index (χ0v) is 9.14. The van der Waals surface area contributed by atoms with Crippen molar-refractivity contribution in [3.8, 4) is 11.4 Å². The molecule has 0 aliphatic carbocycles. The van der Waals surface area contributed by atoms with Crippen molar-refractivity contribution in [2.75, 3.05) is 0 Å². The Labute approximate surface area is 93.2 Å². The molecule has 0 atom stereocenters. The lowest BCUT2D eigenvalue weighted by Crippen LogP contribution is -1.99. The minimum absolute atomic E-state index is 0.301. The fourth-order valence-electron chi connectivity index (χ4n) is 1.67. The lowest BCUT2D eigenvalue weighted by Gasteiger charge is -2.06. The molecule has 0 amide bonds. The van der Waals surface area contributed by atoms with Gasteiger partial charge in [0.2, 0.25) is 0 Å². The SMILES string of the molecule is Cc1cc(C(=O)O)ccc1-c1nccn1C. The summed E-state index contributed by atoms with van der Waals surface area (Å²) in [5, 5.41) is 8.86. The summed E-state index contributed by atoms with van der Waals surface area (Å²) in [6.45, 7) is 1.89. The molecule has 1 aromatic carbocycles. The first-order valence-electron chi connectivity index (χ1n) is 4.91. The largest absolute Gasteiger partial charge is 0.478 e. The Balaban J connectivity index is 2.52. The van der Waals surface area contributed by atoms with Crippen LogP contribution in [0.1, 0.15) is 15.9 Å². The van der Waals surface area contributed by atoms with Crippen LogP contribution in [0.2, 0.25) is 0 Å². The molecule has 0 bridgehead atoms. The molecule has 1 N–H and O–H groups in total. The normalized spacial score (nSPS) is 10.4. The molecule has 0 spiro atoms. The van der Waals surface area contributed by atoms with Gasteiger partial charge in [-0.3, -0.25) is 0 Å². The van der Waals surface area contributed by atoms with Crippen molar-refractivity contribution in [3.05, 3.63) is 41.7 Å². The summed E-state index contributed by atoms with van der Waals surface area (Å²) in [4.78, 5) is 15.0. The van der Waals surface area contributed by atoms with E-state index in [2.05, 4.69) is 4.98 Å². The molecule has 4 nitrogen and oxygen atoms in total. The summed E-state index contributed by atoms with van der Waals surface area (Å²) in [5.41, 5.74) is 2.17. The molecule has 82 valence electrons. The maximum atomic E-state index is 10.8. The first-order valence-corrected chi connectivity index (χ1v) is 4.91. The van der Waals surface area contributed by atoms with Gasteiger partial charge in [0.1, 0.15) is 5.82 Å². The number of hydrogen-bond donors (Lipinski definition) is 1. The van der Waals surface area contributed by atoms with E-state index in [9.17, 15) is 4.79 Å². The molecule has 0 aliphatic rings. The summed E-state index contributed by atoms with van der Waals surface area (Å²) >= 11 is 0. The van der Waals surface area contributed by atoms with Crippen LogP contribution in [0.4, 0.5) is 0 Å². The van der Waals surface area contributed by atoms with E-state index < -0.39 is 5.97 Å². The first kappa shape index (κ1) is 10.4. The van der Waals surface area contributed by atoms with Gasteiger partial charge in [0.25, 0.3) is 0 Å². The van der Waals surface area contributed by atoms with Gasteiger partial charge in [0, 0.05) is 25.0 Å². The lowest BCUT2D eigenvalue weighted by molar-refractivity contribution is 0.0697. The molecule has 0 saturated carbocycles. The third-order valence-corrected chi connectivity index (χ3v) is 2.54.